The van der Waals surface area contributed by atoms with Crippen molar-refractivity contribution in [3.05, 3.63) is 101 Å². The predicted octanol–water partition coefficient (Wildman–Crippen LogP) is 7.30. The Kier molecular flexibility index (Phi) is 6.09. The molecule has 0 saturated carbocycles. The van der Waals surface area contributed by atoms with Gasteiger partial charge >= 0.3 is 0 Å². The van der Waals surface area contributed by atoms with Crippen LogP contribution in [0.3, 0.4) is 0 Å². The standard InChI is InChI=1S/C28H23N5O3S/c1-17-7-5-11-21-18(17)10-6-12-24(21)32-37(34,35)28-23(13-15-25(27(28)29)31-33-30)20-14-16-26(36-2)22-9-4-3-8-19(20)22/h3-16,32H,29H2,1-2H3. The van der Waals surface area contributed by atoms with Gasteiger partial charge in [0.2, 0.25) is 0 Å². The van der Waals surface area contributed by atoms with Crippen molar-refractivity contribution >= 4 is 48.6 Å². The van der Waals surface area contributed by atoms with Crippen LogP contribution in [-0.2, 0) is 10.0 Å². The van der Waals surface area contributed by atoms with E-state index in [4.69, 9.17) is 16.0 Å². The highest BCUT2D eigenvalue weighted by Gasteiger charge is 2.26. The molecule has 9 heteroatoms. The quantitative estimate of drug-likeness (QED) is 0.108. The van der Waals surface area contributed by atoms with Gasteiger partial charge in [-0.2, -0.15) is 0 Å². The lowest BCUT2D eigenvalue weighted by atomic mass is 9.97. The third-order valence-electron chi connectivity index (χ3n) is 6.37. The van der Waals surface area contributed by atoms with E-state index < -0.39 is 10.0 Å². The largest absolute Gasteiger partial charge is 0.496 e. The summed E-state index contributed by atoms with van der Waals surface area (Å²) in [6, 6.07) is 25.4. The first-order valence-electron chi connectivity index (χ1n) is 11.4. The van der Waals surface area contributed by atoms with Crippen LogP contribution in [-0.4, -0.2) is 15.5 Å². The lowest BCUT2D eigenvalue weighted by Crippen LogP contribution is -2.16. The van der Waals surface area contributed by atoms with Crippen LogP contribution in [0, 0.1) is 6.92 Å². The molecule has 0 fully saturated rings. The molecule has 5 rings (SSSR count). The number of ether oxygens (including phenoxy) is 1. The Bertz CT molecular complexity index is 1840. The number of benzene rings is 5. The molecule has 0 spiro atoms. The number of fused-ring (bicyclic) bond motifs is 2. The van der Waals surface area contributed by atoms with Gasteiger partial charge in [0.15, 0.2) is 0 Å². The third-order valence-corrected chi connectivity index (χ3v) is 7.84. The van der Waals surface area contributed by atoms with Crippen molar-refractivity contribution in [3.8, 4) is 16.9 Å². The lowest BCUT2D eigenvalue weighted by molar-refractivity contribution is 0.420. The lowest BCUT2D eigenvalue weighted by Gasteiger charge is -2.19. The topological polar surface area (TPSA) is 130 Å². The molecule has 0 aromatic heterocycles. The molecular weight excluding hydrogens is 486 g/mol. The van der Waals surface area contributed by atoms with Gasteiger partial charge in [-0.1, -0.05) is 71.8 Å². The minimum Gasteiger partial charge on any atom is -0.496 e. The summed E-state index contributed by atoms with van der Waals surface area (Å²) in [7, 11) is -2.66. The summed E-state index contributed by atoms with van der Waals surface area (Å²) in [4.78, 5) is 2.64. The van der Waals surface area contributed by atoms with Crippen LogP contribution in [0.4, 0.5) is 17.1 Å². The van der Waals surface area contributed by atoms with Crippen molar-refractivity contribution < 1.29 is 13.2 Å². The Hall–Kier alpha value is -4.72. The fraction of sp³-hybridized carbons (Fsp3) is 0.0714. The summed E-state index contributed by atoms with van der Waals surface area (Å²) in [6.45, 7) is 1.97. The van der Waals surface area contributed by atoms with E-state index >= 15 is 0 Å². The molecule has 8 nitrogen and oxygen atoms in total. The number of aryl methyl sites for hydroxylation is 1. The van der Waals surface area contributed by atoms with E-state index in [-0.39, 0.29) is 16.3 Å². The number of anilines is 2. The Labute approximate surface area is 214 Å². The number of nitrogens with one attached hydrogen (secondary N) is 1. The maximum absolute atomic E-state index is 14.0. The van der Waals surface area contributed by atoms with E-state index in [9.17, 15) is 8.42 Å². The van der Waals surface area contributed by atoms with Crippen LogP contribution < -0.4 is 15.2 Å². The Morgan fingerprint density at radius 1 is 0.838 bits per heavy atom. The van der Waals surface area contributed by atoms with Gasteiger partial charge in [0.1, 0.15) is 10.6 Å². The summed E-state index contributed by atoms with van der Waals surface area (Å²) in [5.41, 5.74) is 17.7. The summed E-state index contributed by atoms with van der Waals surface area (Å²) < 4.78 is 36.3. The Balaban J connectivity index is 1.77. The van der Waals surface area contributed by atoms with Crippen molar-refractivity contribution in [2.45, 2.75) is 11.8 Å². The third kappa shape index (κ3) is 4.16. The molecule has 0 bridgehead atoms. The molecule has 0 saturated heterocycles. The van der Waals surface area contributed by atoms with E-state index in [0.717, 1.165) is 27.1 Å². The molecule has 37 heavy (non-hydrogen) atoms. The minimum atomic E-state index is -4.24. The van der Waals surface area contributed by atoms with Crippen molar-refractivity contribution in [2.24, 2.45) is 5.11 Å². The number of hydrogen-bond acceptors (Lipinski definition) is 5. The van der Waals surface area contributed by atoms with E-state index in [1.54, 1.807) is 37.4 Å². The van der Waals surface area contributed by atoms with Gasteiger partial charge in [-0.25, -0.2) is 8.42 Å². The van der Waals surface area contributed by atoms with Gasteiger partial charge in [0, 0.05) is 21.2 Å². The SMILES string of the molecule is COc1ccc(-c2ccc(N=[N+]=[N-])c(N)c2S(=O)(=O)Nc2cccc3c(C)cccc23)c2ccccc12. The molecule has 0 radical (unpaired) electrons. The van der Waals surface area contributed by atoms with Crippen molar-refractivity contribution in [2.75, 3.05) is 17.6 Å². The number of azide groups is 1. The summed E-state index contributed by atoms with van der Waals surface area (Å²) in [5, 5.41) is 6.91. The second kappa shape index (κ2) is 9.39. The number of rotatable bonds is 6. The fourth-order valence-electron chi connectivity index (χ4n) is 4.66. The molecular formula is C28H23N5O3S. The van der Waals surface area contributed by atoms with Crippen LogP contribution >= 0.6 is 0 Å². The smallest absolute Gasteiger partial charge is 0.264 e. The van der Waals surface area contributed by atoms with E-state index in [0.29, 0.717) is 22.6 Å². The summed E-state index contributed by atoms with van der Waals surface area (Å²) in [5.74, 6) is 0.659. The first-order chi connectivity index (χ1) is 17.9. The van der Waals surface area contributed by atoms with Crippen LogP contribution in [0.5, 0.6) is 5.75 Å². The van der Waals surface area contributed by atoms with Crippen LogP contribution in [0.1, 0.15) is 5.56 Å². The van der Waals surface area contributed by atoms with Gasteiger partial charge < -0.3 is 10.5 Å². The van der Waals surface area contributed by atoms with Gasteiger partial charge in [-0.05, 0) is 52.6 Å². The van der Waals surface area contributed by atoms with Crippen LogP contribution in [0.2, 0.25) is 0 Å². The average Bonchev–Trinajstić information content (AvgIpc) is 2.89. The van der Waals surface area contributed by atoms with Gasteiger partial charge in [-0.3, -0.25) is 4.72 Å². The van der Waals surface area contributed by atoms with Gasteiger partial charge in [0.05, 0.1) is 24.2 Å². The number of nitrogen functional groups attached to an aromatic ring is 1. The zero-order valence-electron chi connectivity index (χ0n) is 20.1. The highest BCUT2D eigenvalue weighted by Crippen LogP contribution is 2.43. The van der Waals surface area contributed by atoms with E-state index in [2.05, 4.69) is 14.7 Å². The first kappa shape index (κ1) is 24.0. The van der Waals surface area contributed by atoms with Crippen molar-refractivity contribution in [1.82, 2.24) is 0 Å². The van der Waals surface area contributed by atoms with Crippen molar-refractivity contribution in [3.63, 3.8) is 0 Å². The Morgan fingerprint density at radius 3 is 2.27 bits per heavy atom. The highest BCUT2D eigenvalue weighted by molar-refractivity contribution is 7.93. The summed E-state index contributed by atoms with van der Waals surface area (Å²) >= 11 is 0. The number of hydrogen-bond donors (Lipinski definition) is 2. The zero-order valence-corrected chi connectivity index (χ0v) is 21.0. The maximum Gasteiger partial charge on any atom is 0.264 e. The Morgan fingerprint density at radius 2 is 1.51 bits per heavy atom. The summed E-state index contributed by atoms with van der Waals surface area (Å²) in [6.07, 6.45) is 0. The molecule has 0 heterocycles. The predicted molar refractivity (Wildman–Crippen MR) is 149 cm³/mol. The van der Waals surface area contributed by atoms with E-state index in [1.807, 2.05) is 55.5 Å². The molecule has 184 valence electrons. The number of sulfonamides is 1. The second-order valence-electron chi connectivity index (χ2n) is 8.51. The molecule has 0 amide bonds. The highest BCUT2D eigenvalue weighted by atomic mass is 32.2. The molecule has 0 aliphatic carbocycles. The maximum atomic E-state index is 14.0. The molecule has 0 aliphatic rings. The fourth-order valence-corrected chi connectivity index (χ4v) is 6.09. The average molecular weight is 510 g/mol. The van der Waals surface area contributed by atoms with E-state index in [1.165, 1.54) is 6.07 Å². The minimum absolute atomic E-state index is 0.0261. The number of methoxy groups -OCH3 is 1. The first-order valence-corrected chi connectivity index (χ1v) is 12.9. The molecule has 0 unspecified atom stereocenters. The zero-order chi connectivity index (χ0) is 26.2. The van der Waals surface area contributed by atoms with Crippen molar-refractivity contribution in [1.29, 1.82) is 0 Å². The molecule has 0 aliphatic heterocycles. The molecule has 0 atom stereocenters. The monoisotopic (exact) mass is 509 g/mol. The van der Waals surface area contributed by atoms with Gasteiger partial charge in [-0.15, -0.1) is 0 Å². The number of nitrogens with zero attached hydrogens (tertiary/aromatic N) is 3. The van der Waals surface area contributed by atoms with Crippen LogP contribution in [0.25, 0.3) is 43.1 Å². The number of nitrogens with two attached hydrogens (primary N) is 1. The van der Waals surface area contributed by atoms with Crippen LogP contribution in [0.15, 0.2) is 94.9 Å². The van der Waals surface area contributed by atoms with Gasteiger partial charge in [0.25, 0.3) is 10.0 Å². The second-order valence-corrected chi connectivity index (χ2v) is 10.1. The molecule has 5 aromatic rings. The normalized spacial score (nSPS) is 11.3. The molecule has 5 aromatic carbocycles. The molecule has 3 N–H and O–H groups in total.